The summed E-state index contributed by atoms with van der Waals surface area (Å²) in [4.78, 5) is 11.5. The van der Waals surface area contributed by atoms with Crippen LogP contribution >= 0.6 is 0 Å². The van der Waals surface area contributed by atoms with E-state index in [1.165, 1.54) is 70.6 Å². The van der Waals surface area contributed by atoms with E-state index in [1.807, 2.05) is 0 Å². The van der Waals surface area contributed by atoms with Crippen LogP contribution in [-0.4, -0.2) is 19.1 Å². The number of carbonyl (C=O) groups excluding carboxylic acids is 1. The number of hydrogen-bond donors (Lipinski definition) is 2. The zero-order valence-electron chi connectivity index (χ0n) is 14.5. The molecule has 0 aliphatic carbocycles. The number of rotatable bonds is 15. The maximum absolute atomic E-state index is 11.5. The van der Waals surface area contributed by atoms with Crippen LogP contribution in [0.15, 0.2) is 0 Å². The van der Waals surface area contributed by atoms with Crippen LogP contribution in [0.3, 0.4) is 0 Å². The minimum Gasteiger partial charge on any atom is -0.338 e. The van der Waals surface area contributed by atoms with Crippen LogP contribution < -0.4 is 10.6 Å². The molecule has 0 aromatic rings. The van der Waals surface area contributed by atoms with Crippen LogP contribution in [0.4, 0.5) is 4.79 Å². The van der Waals surface area contributed by atoms with Gasteiger partial charge in [-0.05, 0) is 12.8 Å². The Bertz CT molecular complexity index is 219. The summed E-state index contributed by atoms with van der Waals surface area (Å²) in [5.74, 6) is 0. The Morgan fingerprint density at radius 1 is 0.571 bits per heavy atom. The van der Waals surface area contributed by atoms with Crippen LogP contribution in [-0.2, 0) is 0 Å². The largest absolute Gasteiger partial charge is 0.338 e. The second-order valence-corrected chi connectivity index (χ2v) is 6.07. The zero-order valence-corrected chi connectivity index (χ0v) is 14.5. The number of nitrogens with one attached hydrogen (secondary N) is 2. The molecule has 0 heterocycles. The molecular weight excluding hydrogens is 260 g/mol. The van der Waals surface area contributed by atoms with E-state index in [0.717, 1.165) is 25.9 Å². The van der Waals surface area contributed by atoms with Crippen LogP contribution in [0.2, 0.25) is 0 Å². The predicted octanol–water partition coefficient (Wildman–Crippen LogP) is 5.40. The summed E-state index contributed by atoms with van der Waals surface area (Å²) in [5.41, 5.74) is 0. The molecule has 0 saturated carbocycles. The summed E-state index contributed by atoms with van der Waals surface area (Å²) in [6.45, 7) is 6.10. The van der Waals surface area contributed by atoms with E-state index >= 15 is 0 Å². The highest BCUT2D eigenvalue weighted by molar-refractivity contribution is 5.73. The Kier molecular flexibility index (Phi) is 16.7. The van der Waals surface area contributed by atoms with Gasteiger partial charge in [0.25, 0.3) is 0 Å². The summed E-state index contributed by atoms with van der Waals surface area (Å²) in [7, 11) is 0. The van der Waals surface area contributed by atoms with Crippen molar-refractivity contribution in [1.29, 1.82) is 0 Å². The van der Waals surface area contributed by atoms with Gasteiger partial charge in [0, 0.05) is 13.1 Å². The molecule has 2 N–H and O–H groups in total. The fourth-order valence-corrected chi connectivity index (χ4v) is 2.45. The molecule has 126 valence electrons. The summed E-state index contributed by atoms with van der Waals surface area (Å²) in [6.07, 6.45) is 16.7. The van der Waals surface area contributed by atoms with Gasteiger partial charge in [0.05, 0.1) is 0 Å². The molecule has 0 spiro atoms. The van der Waals surface area contributed by atoms with Crippen molar-refractivity contribution >= 4 is 6.03 Å². The lowest BCUT2D eigenvalue weighted by Gasteiger charge is -2.07. The summed E-state index contributed by atoms with van der Waals surface area (Å²) in [5, 5.41) is 5.88. The molecule has 0 aromatic heterocycles. The van der Waals surface area contributed by atoms with Gasteiger partial charge in [-0.15, -0.1) is 0 Å². The number of unbranched alkanes of at least 4 members (excludes halogenated alkanes) is 11. The fraction of sp³-hybridized carbons (Fsp3) is 0.944. The molecule has 0 aliphatic heterocycles. The van der Waals surface area contributed by atoms with Crippen molar-refractivity contribution in [2.45, 2.75) is 97.3 Å². The van der Waals surface area contributed by atoms with Gasteiger partial charge in [0.2, 0.25) is 0 Å². The Morgan fingerprint density at radius 3 is 1.29 bits per heavy atom. The van der Waals surface area contributed by atoms with Crippen molar-refractivity contribution in [3.05, 3.63) is 0 Å². The molecule has 21 heavy (non-hydrogen) atoms. The molecule has 0 aromatic carbocycles. The Morgan fingerprint density at radius 2 is 0.905 bits per heavy atom. The molecule has 3 nitrogen and oxygen atoms in total. The van der Waals surface area contributed by atoms with Crippen molar-refractivity contribution in [2.75, 3.05) is 13.1 Å². The van der Waals surface area contributed by atoms with Gasteiger partial charge in [0.15, 0.2) is 0 Å². The molecule has 0 fully saturated rings. The first kappa shape index (κ1) is 20.3. The van der Waals surface area contributed by atoms with Crippen molar-refractivity contribution in [2.24, 2.45) is 0 Å². The number of carbonyl (C=O) groups is 1. The minimum atomic E-state index is 0.00781. The quantitative estimate of drug-likeness (QED) is 0.391. The molecule has 0 atom stereocenters. The van der Waals surface area contributed by atoms with Crippen molar-refractivity contribution in [1.82, 2.24) is 10.6 Å². The third kappa shape index (κ3) is 17.2. The van der Waals surface area contributed by atoms with Gasteiger partial charge < -0.3 is 10.6 Å². The molecule has 0 aliphatic rings. The van der Waals surface area contributed by atoms with E-state index in [-0.39, 0.29) is 6.03 Å². The summed E-state index contributed by atoms with van der Waals surface area (Å²) < 4.78 is 0. The van der Waals surface area contributed by atoms with Gasteiger partial charge in [-0.3, -0.25) is 0 Å². The van der Waals surface area contributed by atoms with E-state index in [2.05, 4.69) is 24.5 Å². The number of amides is 2. The average Bonchev–Trinajstić information content (AvgIpc) is 2.49. The van der Waals surface area contributed by atoms with Crippen molar-refractivity contribution < 1.29 is 4.79 Å². The smallest absolute Gasteiger partial charge is 0.314 e. The zero-order chi connectivity index (χ0) is 15.6. The van der Waals surface area contributed by atoms with Gasteiger partial charge in [0.1, 0.15) is 0 Å². The molecule has 0 rings (SSSR count). The highest BCUT2D eigenvalue weighted by Crippen LogP contribution is 2.07. The van der Waals surface area contributed by atoms with Crippen LogP contribution in [0.1, 0.15) is 97.3 Å². The third-order valence-electron chi connectivity index (χ3n) is 3.88. The summed E-state index contributed by atoms with van der Waals surface area (Å²) >= 11 is 0. The number of urea groups is 1. The Balaban J connectivity index is 3.12. The SMILES string of the molecule is CCCCCCCCCCNC(=O)NCCCCCCC. The first-order valence-electron chi connectivity index (χ1n) is 9.33. The fourth-order valence-electron chi connectivity index (χ4n) is 2.45. The number of hydrogen-bond acceptors (Lipinski definition) is 1. The van der Waals surface area contributed by atoms with E-state index in [4.69, 9.17) is 0 Å². The third-order valence-corrected chi connectivity index (χ3v) is 3.88. The van der Waals surface area contributed by atoms with Crippen molar-refractivity contribution in [3.8, 4) is 0 Å². The normalized spacial score (nSPS) is 10.6. The highest BCUT2D eigenvalue weighted by Gasteiger charge is 1.98. The predicted molar refractivity (Wildman–Crippen MR) is 92.8 cm³/mol. The second-order valence-electron chi connectivity index (χ2n) is 6.07. The average molecular weight is 299 g/mol. The first-order valence-corrected chi connectivity index (χ1v) is 9.33. The monoisotopic (exact) mass is 298 g/mol. The summed E-state index contributed by atoms with van der Waals surface area (Å²) in [6, 6.07) is 0.00781. The Hall–Kier alpha value is -0.730. The molecule has 0 unspecified atom stereocenters. The van der Waals surface area contributed by atoms with Crippen LogP contribution in [0.5, 0.6) is 0 Å². The van der Waals surface area contributed by atoms with Crippen LogP contribution in [0, 0.1) is 0 Å². The van der Waals surface area contributed by atoms with E-state index < -0.39 is 0 Å². The lowest BCUT2D eigenvalue weighted by molar-refractivity contribution is 0.240. The Labute approximate surface area is 132 Å². The molecule has 0 saturated heterocycles. The van der Waals surface area contributed by atoms with Crippen molar-refractivity contribution in [3.63, 3.8) is 0 Å². The standard InChI is InChI=1S/C18H38N2O/c1-3-5-7-9-10-11-13-15-17-20-18(21)19-16-14-12-8-6-4-2/h3-17H2,1-2H3,(H2,19,20,21). The topological polar surface area (TPSA) is 41.1 Å². The van der Waals surface area contributed by atoms with Gasteiger partial charge in [-0.2, -0.15) is 0 Å². The molecule has 0 radical (unpaired) electrons. The second kappa shape index (κ2) is 17.3. The van der Waals surface area contributed by atoms with E-state index in [0.29, 0.717) is 0 Å². The maximum atomic E-state index is 11.5. The maximum Gasteiger partial charge on any atom is 0.314 e. The van der Waals surface area contributed by atoms with Gasteiger partial charge >= 0.3 is 6.03 Å². The van der Waals surface area contributed by atoms with Gasteiger partial charge in [-0.1, -0.05) is 84.5 Å². The van der Waals surface area contributed by atoms with E-state index in [1.54, 1.807) is 0 Å². The molecule has 0 bridgehead atoms. The van der Waals surface area contributed by atoms with Crippen LogP contribution in [0.25, 0.3) is 0 Å². The lowest BCUT2D eigenvalue weighted by Crippen LogP contribution is -2.36. The van der Waals surface area contributed by atoms with Gasteiger partial charge in [-0.25, -0.2) is 4.79 Å². The molecule has 2 amide bonds. The minimum absolute atomic E-state index is 0.00781. The molecular formula is C18H38N2O. The van der Waals surface area contributed by atoms with E-state index in [9.17, 15) is 4.79 Å². The lowest BCUT2D eigenvalue weighted by atomic mass is 10.1. The highest BCUT2D eigenvalue weighted by atomic mass is 16.2. The molecule has 3 heteroatoms. The first-order chi connectivity index (χ1) is 10.3.